The molecule has 0 bridgehead atoms. The third-order valence-electron chi connectivity index (χ3n) is 3.98. The van der Waals surface area contributed by atoms with Crippen LogP contribution in [0.5, 0.6) is 0 Å². The third-order valence-corrected chi connectivity index (χ3v) is 3.98. The normalized spacial score (nSPS) is 22.6. The number of hydrogen-bond acceptors (Lipinski definition) is 2. The van der Waals surface area contributed by atoms with E-state index in [9.17, 15) is 0 Å². The lowest BCUT2D eigenvalue weighted by Crippen LogP contribution is -2.44. The summed E-state index contributed by atoms with van der Waals surface area (Å²) in [5.74, 6) is 0. The number of benzene rings is 2. The zero-order valence-corrected chi connectivity index (χ0v) is 11.7. The maximum absolute atomic E-state index is 15.0. The fourth-order valence-electron chi connectivity index (χ4n) is 2.84. The fraction of sp³-hybridized carbons (Fsp3) is 0.412. The first kappa shape index (κ1) is 13.5. The fourth-order valence-corrected chi connectivity index (χ4v) is 2.84. The quantitative estimate of drug-likeness (QED) is 0.925. The zero-order chi connectivity index (χ0) is 14.0. The van der Waals surface area contributed by atoms with Gasteiger partial charge in [-0.1, -0.05) is 36.4 Å². The predicted molar refractivity (Wildman–Crippen MR) is 79.6 cm³/mol. The van der Waals surface area contributed by atoms with Gasteiger partial charge in [-0.15, -0.1) is 0 Å². The summed E-state index contributed by atoms with van der Waals surface area (Å²) < 4.78 is 20.4. The average Bonchev–Trinajstić information content (AvgIpc) is 2.47. The summed E-state index contributed by atoms with van der Waals surface area (Å²) in [6.45, 7) is 3.77. The summed E-state index contributed by atoms with van der Waals surface area (Å²) >= 11 is 0. The summed E-state index contributed by atoms with van der Waals surface area (Å²) in [6, 6.07) is 14.0. The molecule has 106 valence electrons. The molecule has 0 saturated carbocycles. The highest BCUT2D eigenvalue weighted by molar-refractivity contribution is 5.83. The highest BCUT2D eigenvalue weighted by Crippen LogP contribution is 2.33. The van der Waals surface area contributed by atoms with E-state index in [-0.39, 0.29) is 6.04 Å². The lowest BCUT2D eigenvalue weighted by Gasteiger charge is -2.30. The molecule has 0 amide bonds. The molecular weight excluding hydrogens is 253 g/mol. The Hall–Kier alpha value is -1.45. The number of rotatable bonds is 3. The van der Waals surface area contributed by atoms with Gasteiger partial charge in [-0.25, -0.2) is 4.39 Å². The summed E-state index contributed by atoms with van der Waals surface area (Å²) in [7, 11) is 0. The number of hydrogen-bond donors (Lipinski definition) is 1. The Morgan fingerprint density at radius 3 is 2.80 bits per heavy atom. The van der Waals surface area contributed by atoms with E-state index in [0.29, 0.717) is 13.0 Å². The van der Waals surface area contributed by atoms with Crippen LogP contribution in [0.3, 0.4) is 0 Å². The highest BCUT2D eigenvalue weighted by Gasteiger charge is 2.30. The number of halogens is 1. The van der Waals surface area contributed by atoms with Crippen LogP contribution >= 0.6 is 0 Å². The standard InChI is InChI=1S/C17H20FNO/c1-17(18,11-16-12-20-9-8-19-16)15-7-6-13-4-2-3-5-14(13)10-15/h2-7,10,16,19H,8-9,11-12H2,1H3. The molecule has 0 aliphatic carbocycles. The smallest absolute Gasteiger partial charge is 0.134 e. The molecular formula is C17H20FNO. The Kier molecular flexibility index (Phi) is 3.72. The minimum Gasteiger partial charge on any atom is -0.379 e. The van der Waals surface area contributed by atoms with Crippen LogP contribution in [0.15, 0.2) is 42.5 Å². The Morgan fingerprint density at radius 1 is 1.25 bits per heavy atom. The first-order valence-electron chi connectivity index (χ1n) is 7.14. The molecule has 2 atom stereocenters. The monoisotopic (exact) mass is 273 g/mol. The lowest BCUT2D eigenvalue weighted by atomic mass is 9.89. The van der Waals surface area contributed by atoms with E-state index in [1.165, 1.54) is 0 Å². The predicted octanol–water partition coefficient (Wildman–Crippen LogP) is 3.40. The third kappa shape index (κ3) is 2.84. The van der Waals surface area contributed by atoms with Gasteiger partial charge in [-0.2, -0.15) is 0 Å². The Bertz CT molecular complexity index is 590. The average molecular weight is 273 g/mol. The molecule has 20 heavy (non-hydrogen) atoms. The summed E-state index contributed by atoms with van der Waals surface area (Å²) in [5, 5.41) is 5.55. The van der Waals surface area contributed by atoms with Gasteiger partial charge in [-0.05, 0) is 29.3 Å². The molecule has 2 unspecified atom stereocenters. The molecule has 2 aromatic rings. The molecule has 1 aliphatic rings. The van der Waals surface area contributed by atoms with E-state index in [4.69, 9.17) is 4.74 Å². The van der Waals surface area contributed by atoms with Crippen molar-refractivity contribution in [3.8, 4) is 0 Å². The van der Waals surface area contributed by atoms with Crippen molar-refractivity contribution in [2.24, 2.45) is 0 Å². The Morgan fingerprint density at radius 2 is 2.05 bits per heavy atom. The molecule has 3 heteroatoms. The van der Waals surface area contributed by atoms with E-state index in [1.54, 1.807) is 6.92 Å². The van der Waals surface area contributed by atoms with Gasteiger partial charge < -0.3 is 10.1 Å². The first-order valence-corrected chi connectivity index (χ1v) is 7.14. The van der Waals surface area contributed by atoms with Crippen LogP contribution in [0.25, 0.3) is 10.8 Å². The van der Waals surface area contributed by atoms with Crippen molar-refractivity contribution in [1.29, 1.82) is 0 Å². The minimum atomic E-state index is -1.34. The molecule has 1 aliphatic heterocycles. The molecule has 1 saturated heterocycles. The van der Waals surface area contributed by atoms with Gasteiger partial charge in [-0.3, -0.25) is 0 Å². The van der Waals surface area contributed by atoms with E-state index >= 15 is 4.39 Å². The van der Waals surface area contributed by atoms with Crippen LogP contribution in [0.4, 0.5) is 4.39 Å². The molecule has 0 radical (unpaired) electrons. The number of morpholine rings is 1. The Balaban J connectivity index is 1.83. The van der Waals surface area contributed by atoms with E-state index in [0.717, 1.165) is 29.5 Å². The summed E-state index contributed by atoms with van der Waals surface area (Å²) in [6.07, 6.45) is 0.436. The SMILES string of the molecule is CC(F)(CC1COCCN1)c1ccc2ccccc2c1. The second-order valence-electron chi connectivity index (χ2n) is 5.69. The largest absolute Gasteiger partial charge is 0.379 e. The van der Waals surface area contributed by atoms with Gasteiger partial charge in [0, 0.05) is 19.0 Å². The van der Waals surface area contributed by atoms with Crippen LogP contribution in [0, 0.1) is 0 Å². The van der Waals surface area contributed by atoms with E-state index in [1.807, 2.05) is 42.5 Å². The van der Waals surface area contributed by atoms with Crippen LogP contribution in [0.2, 0.25) is 0 Å². The molecule has 2 aromatic carbocycles. The van der Waals surface area contributed by atoms with Crippen molar-refractivity contribution in [3.05, 3.63) is 48.0 Å². The van der Waals surface area contributed by atoms with Crippen molar-refractivity contribution < 1.29 is 9.13 Å². The van der Waals surface area contributed by atoms with Gasteiger partial charge in [0.05, 0.1) is 13.2 Å². The second kappa shape index (κ2) is 5.51. The topological polar surface area (TPSA) is 21.3 Å². The minimum absolute atomic E-state index is 0.0882. The number of fused-ring (bicyclic) bond motifs is 1. The maximum atomic E-state index is 15.0. The van der Waals surface area contributed by atoms with Crippen LogP contribution in [0.1, 0.15) is 18.9 Å². The van der Waals surface area contributed by atoms with E-state index < -0.39 is 5.67 Å². The van der Waals surface area contributed by atoms with Crippen molar-refractivity contribution in [2.45, 2.75) is 25.1 Å². The summed E-state index contributed by atoms with van der Waals surface area (Å²) in [5.41, 5.74) is -0.605. The highest BCUT2D eigenvalue weighted by atomic mass is 19.1. The first-order chi connectivity index (χ1) is 9.65. The molecule has 1 heterocycles. The van der Waals surface area contributed by atoms with Crippen molar-refractivity contribution in [3.63, 3.8) is 0 Å². The summed E-state index contributed by atoms with van der Waals surface area (Å²) in [4.78, 5) is 0. The van der Waals surface area contributed by atoms with Gasteiger partial charge in [0.25, 0.3) is 0 Å². The van der Waals surface area contributed by atoms with Crippen molar-refractivity contribution in [1.82, 2.24) is 5.32 Å². The molecule has 0 spiro atoms. The van der Waals surface area contributed by atoms with E-state index in [2.05, 4.69) is 5.32 Å². The lowest BCUT2D eigenvalue weighted by molar-refractivity contribution is 0.0475. The van der Waals surface area contributed by atoms with Gasteiger partial charge in [0.1, 0.15) is 5.67 Å². The van der Waals surface area contributed by atoms with Crippen molar-refractivity contribution >= 4 is 10.8 Å². The number of alkyl halides is 1. The number of nitrogens with one attached hydrogen (secondary N) is 1. The Labute approximate surface area is 118 Å². The number of ether oxygens (including phenoxy) is 1. The molecule has 3 rings (SSSR count). The van der Waals surface area contributed by atoms with Gasteiger partial charge in [0.2, 0.25) is 0 Å². The van der Waals surface area contributed by atoms with Crippen LogP contribution in [-0.2, 0) is 10.4 Å². The molecule has 2 nitrogen and oxygen atoms in total. The zero-order valence-electron chi connectivity index (χ0n) is 11.7. The molecule has 1 N–H and O–H groups in total. The van der Waals surface area contributed by atoms with Gasteiger partial charge in [0.15, 0.2) is 0 Å². The maximum Gasteiger partial charge on any atom is 0.134 e. The van der Waals surface area contributed by atoms with Crippen LogP contribution < -0.4 is 5.32 Å². The van der Waals surface area contributed by atoms with Gasteiger partial charge >= 0.3 is 0 Å². The van der Waals surface area contributed by atoms with Crippen LogP contribution in [-0.4, -0.2) is 25.8 Å². The molecule has 1 fully saturated rings. The second-order valence-corrected chi connectivity index (χ2v) is 5.69. The molecule has 0 aromatic heterocycles. The van der Waals surface area contributed by atoms with Crippen molar-refractivity contribution in [2.75, 3.05) is 19.8 Å².